The lowest BCUT2D eigenvalue weighted by Gasteiger charge is -2.17. The Morgan fingerprint density at radius 1 is 1.40 bits per heavy atom. The van der Waals surface area contributed by atoms with Crippen LogP contribution in [0, 0.1) is 5.92 Å². The first-order chi connectivity index (χ1) is 6.68. The molecule has 0 unspecified atom stereocenters. The predicted octanol–water partition coefficient (Wildman–Crippen LogP) is 2.04. The topological polar surface area (TPSA) is 98.1 Å². The number of carbonyl (C=O) groups is 1. The molecule has 15 heavy (non-hydrogen) atoms. The molecule has 1 atom stereocenters. The largest absolute Gasteiger partial charge is 0.692 e. The summed E-state index contributed by atoms with van der Waals surface area (Å²) in [6.45, 7) is 3.97. The number of carboxylic acids is 1. The van der Waals surface area contributed by atoms with Crippen molar-refractivity contribution in [3.63, 3.8) is 0 Å². The highest BCUT2D eigenvalue weighted by atomic mass is 79.9. The van der Waals surface area contributed by atoms with Crippen molar-refractivity contribution in [3.8, 4) is 0 Å². The van der Waals surface area contributed by atoms with Crippen LogP contribution in [-0.2, 0) is 9.36 Å². The smallest absolute Gasteiger partial charge is 0.480 e. The molecule has 0 bridgehead atoms. The normalized spacial score (nSPS) is 12.0. The summed E-state index contributed by atoms with van der Waals surface area (Å²) in [6.07, 6.45) is 0.617. The molecule has 0 aromatic rings. The van der Waals surface area contributed by atoms with Crippen molar-refractivity contribution in [2.24, 2.45) is 5.92 Å². The highest BCUT2D eigenvalue weighted by molar-refractivity contribution is 9.21. The number of carboxylic acid groups (broad SMARTS) is 1. The molecule has 90 valence electrons. The maximum absolute atomic E-state index is 10.6. The van der Waals surface area contributed by atoms with Crippen molar-refractivity contribution < 1.29 is 24.3 Å². The van der Waals surface area contributed by atoms with Gasteiger partial charge >= 0.3 is 14.2 Å². The molecule has 0 aliphatic carbocycles. The molecule has 0 aromatic heterocycles. The third-order valence-corrected chi connectivity index (χ3v) is 2.20. The zero-order chi connectivity index (χ0) is 12.6. The number of rotatable bonds is 4. The van der Waals surface area contributed by atoms with Crippen LogP contribution in [0.3, 0.4) is 0 Å². The van der Waals surface area contributed by atoms with Crippen LogP contribution in [0.25, 0.3) is 0 Å². The van der Waals surface area contributed by atoms with Crippen LogP contribution in [-0.4, -0.2) is 29.9 Å². The van der Waals surface area contributed by atoms with Crippen molar-refractivity contribution in [1.29, 1.82) is 0 Å². The number of halogens is 2. The van der Waals surface area contributed by atoms with Gasteiger partial charge < -0.3 is 5.11 Å². The first-order valence-corrected chi connectivity index (χ1v) is 6.45. The van der Waals surface area contributed by atoms with Crippen LogP contribution in [0.5, 0.6) is 0 Å². The minimum Gasteiger partial charge on any atom is -0.480 e. The van der Waals surface area contributed by atoms with E-state index >= 15 is 0 Å². The van der Waals surface area contributed by atoms with Gasteiger partial charge in [0.1, 0.15) is 6.04 Å². The number of hydrogen-bond donors (Lipinski definition) is 3. The van der Waals surface area contributed by atoms with E-state index in [9.17, 15) is 4.79 Å². The predicted molar refractivity (Wildman–Crippen MR) is 62.6 cm³/mol. The van der Waals surface area contributed by atoms with E-state index in [0.717, 1.165) is 0 Å². The van der Waals surface area contributed by atoms with E-state index in [0.29, 0.717) is 12.3 Å². The lowest BCUT2D eigenvalue weighted by molar-refractivity contribution is -0.140. The fourth-order valence-electron chi connectivity index (χ4n) is 0.711. The first kappa shape index (κ1) is 17.8. The van der Waals surface area contributed by atoms with Crippen molar-refractivity contribution in [3.05, 3.63) is 0 Å². The second-order valence-electron chi connectivity index (χ2n) is 3.00. The van der Waals surface area contributed by atoms with E-state index in [2.05, 4.69) is 32.3 Å². The van der Waals surface area contributed by atoms with Gasteiger partial charge in [-0.1, -0.05) is 13.8 Å². The molecule has 0 saturated carbocycles. The van der Waals surface area contributed by atoms with E-state index in [1.165, 1.54) is 2.95 Å². The van der Waals surface area contributed by atoms with Crippen LogP contribution >= 0.6 is 40.5 Å². The molecule has 0 aromatic carbocycles. The lowest BCUT2D eigenvalue weighted by Crippen LogP contribution is -2.29. The fraction of sp³-hybridized carbons (Fsp3) is 0.833. The monoisotopic (exact) mass is 368 g/mol. The van der Waals surface area contributed by atoms with Gasteiger partial charge in [-0.25, -0.2) is 0 Å². The zero-order valence-corrected chi connectivity index (χ0v) is 12.2. The molecule has 0 heterocycles. The van der Waals surface area contributed by atoms with Gasteiger partial charge in [-0.3, -0.25) is 4.79 Å². The molecule has 0 aliphatic heterocycles. The van der Waals surface area contributed by atoms with Gasteiger partial charge in [-0.2, -0.15) is 2.95 Å². The van der Waals surface area contributed by atoms with Crippen molar-refractivity contribution in [1.82, 2.24) is 2.95 Å². The van der Waals surface area contributed by atoms with Crippen LogP contribution in [0.1, 0.15) is 20.3 Å². The highest BCUT2D eigenvalue weighted by Crippen LogP contribution is 2.18. The third-order valence-electron chi connectivity index (χ3n) is 1.22. The molecule has 3 N–H and O–H groups in total. The van der Waals surface area contributed by atoms with Gasteiger partial charge in [0, 0.05) is 36.9 Å². The Bertz CT molecular complexity index is 210. The molecule has 0 rings (SSSR count). The quantitative estimate of drug-likeness (QED) is 0.518. The minimum absolute atomic E-state index is 0.369. The maximum atomic E-state index is 10.6. The zero-order valence-electron chi connectivity index (χ0n) is 8.17. The molecule has 0 radical (unpaired) electrons. The average molecular weight is 370 g/mol. The van der Waals surface area contributed by atoms with E-state index < -0.39 is 20.3 Å². The van der Waals surface area contributed by atoms with Gasteiger partial charge in [0.15, 0.2) is 0 Å². The lowest BCUT2D eigenvalue weighted by atomic mass is 10.1. The molecular formula is C6H13Br2NO5P+. The van der Waals surface area contributed by atoms with E-state index in [1.54, 1.807) is 0 Å². The van der Waals surface area contributed by atoms with Gasteiger partial charge in [0.2, 0.25) is 0 Å². The second kappa shape index (κ2) is 9.62. The summed E-state index contributed by atoms with van der Waals surface area (Å²) in [5.41, 5.74) is 0. The van der Waals surface area contributed by atoms with E-state index in [-0.39, 0.29) is 0 Å². The molecule has 9 heteroatoms. The number of aliphatic carboxylic acids is 1. The summed E-state index contributed by atoms with van der Waals surface area (Å²) in [4.78, 5) is 24.8. The average Bonchev–Trinajstić information content (AvgIpc) is 1.97. The van der Waals surface area contributed by atoms with Crippen LogP contribution in [0.15, 0.2) is 0 Å². The van der Waals surface area contributed by atoms with Gasteiger partial charge in [-0.05, 0) is 12.3 Å². The number of hydrogen-bond acceptors (Lipinski definition) is 3. The van der Waals surface area contributed by atoms with Gasteiger partial charge in [-0.15, -0.1) is 9.79 Å². The third kappa shape index (κ3) is 14.4. The summed E-state index contributed by atoms with van der Waals surface area (Å²) in [5.74, 6) is -0.457. The van der Waals surface area contributed by atoms with Crippen LogP contribution in [0.2, 0.25) is 0 Å². The fourth-order valence-corrected chi connectivity index (χ4v) is 1.40. The molecular weight excluding hydrogens is 357 g/mol. The maximum Gasteiger partial charge on any atom is 0.692 e. The molecule has 6 nitrogen and oxygen atoms in total. The Labute approximate surface area is 106 Å². The van der Waals surface area contributed by atoms with Gasteiger partial charge in [0.25, 0.3) is 0 Å². The summed E-state index contributed by atoms with van der Waals surface area (Å²) in [7, 11) is -2.87. The Morgan fingerprint density at radius 3 is 1.80 bits per heavy atom. The van der Waals surface area contributed by atoms with E-state index in [4.69, 9.17) is 19.5 Å². The minimum atomic E-state index is -2.87. The Hall–Kier alpha value is 0.410. The van der Waals surface area contributed by atoms with Crippen molar-refractivity contribution in [2.75, 3.05) is 0 Å². The Kier molecular flexibility index (Phi) is 11.4. The highest BCUT2D eigenvalue weighted by Gasteiger charge is 2.23. The summed E-state index contributed by atoms with van der Waals surface area (Å²) >= 11 is 6.08. The number of nitrogens with zero attached hydrogens (tertiary/aromatic N) is 1. The molecule has 0 saturated heterocycles. The van der Waals surface area contributed by atoms with Crippen molar-refractivity contribution in [2.45, 2.75) is 26.3 Å². The van der Waals surface area contributed by atoms with Gasteiger partial charge in [0.05, 0.1) is 0 Å². The molecule has 0 fully saturated rings. The Morgan fingerprint density at radius 2 is 1.73 bits per heavy atom. The standard InChI is InChI=1S/C6H11Br2NO2.HO3P/c1-4(2)3-5(6(10)11)9(7)8;1-4(2)3/h4-5H,3H2,1-2H3,(H,10,11);(H-,1,2,3)/p+1/t5-;/m0./s1. The molecule has 0 aliphatic rings. The summed E-state index contributed by atoms with van der Waals surface area (Å²) in [5, 5.41) is 8.69. The van der Waals surface area contributed by atoms with Crippen molar-refractivity contribution >= 4 is 46.5 Å². The summed E-state index contributed by atoms with van der Waals surface area (Å²) < 4.78 is 10.1. The Balaban J connectivity index is 0. The first-order valence-electron chi connectivity index (χ1n) is 3.87. The summed E-state index contributed by atoms with van der Waals surface area (Å²) in [6, 6.07) is -0.505. The van der Waals surface area contributed by atoms with E-state index in [1.807, 2.05) is 13.8 Å². The SMILES string of the molecule is CC(C)C[C@@H](C(=O)O)N(Br)Br.O=[P+](O)O. The molecule has 0 spiro atoms. The second-order valence-corrected chi connectivity index (χ2v) is 5.98. The van der Waals surface area contributed by atoms with Crippen LogP contribution in [0.4, 0.5) is 0 Å². The molecule has 0 amide bonds. The van der Waals surface area contributed by atoms with Crippen LogP contribution < -0.4 is 0 Å².